The number of amides is 4. The third-order valence-electron chi connectivity index (χ3n) is 2.53. The zero-order chi connectivity index (χ0) is 14.1. The molecule has 1 unspecified atom stereocenters. The molecule has 0 aromatic heterocycles. The lowest BCUT2D eigenvalue weighted by atomic mass is 10.3. The third kappa shape index (κ3) is 5.62. The van der Waals surface area contributed by atoms with Gasteiger partial charge in [-0.25, -0.2) is 4.79 Å². The van der Waals surface area contributed by atoms with Gasteiger partial charge in [-0.3, -0.25) is 20.2 Å². The second-order valence-electron chi connectivity index (χ2n) is 3.74. The number of hydrogen-bond acceptors (Lipinski definition) is 4. The van der Waals surface area contributed by atoms with E-state index in [1.165, 1.54) is 7.05 Å². The quantitative estimate of drug-likeness (QED) is 0.587. The Hall–Kier alpha value is -1.63. The van der Waals surface area contributed by atoms with Gasteiger partial charge in [-0.1, -0.05) is 0 Å². The molecular formula is C11H22N4O3. The van der Waals surface area contributed by atoms with E-state index in [-0.39, 0.29) is 12.5 Å². The molecule has 0 saturated heterocycles. The Balaban J connectivity index is 4.09. The second-order valence-corrected chi connectivity index (χ2v) is 3.74. The average Bonchev–Trinajstić information content (AvgIpc) is 2.36. The van der Waals surface area contributed by atoms with Crippen LogP contribution in [0, 0.1) is 0 Å². The van der Waals surface area contributed by atoms with Crippen LogP contribution in [0.1, 0.15) is 20.8 Å². The lowest BCUT2D eigenvalue weighted by molar-refractivity contribution is -0.130. The van der Waals surface area contributed by atoms with Crippen LogP contribution in [-0.4, -0.2) is 55.5 Å². The predicted octanol–water partition coefficient (Wildman–Crippen LogP) is -0.711. The summed E-state index contributed by atoms with van der Waals surface area (Å²) in [5, 5.41) is 7.19. The topological polar surface area (TPSA) is 90.5 Å². The number of rotatable bonds is 6. The van der Waals surface area contributed by atoms with Crippen molar-refractivity contribution >= 4 is 17.8 Å². The Bertz CT molecular complexity index is 303. The molecule has 0 aliphatic rings. The minimum atomic E-state index is -0.609. The number of urea groups is 1. The fraction of sp³-hybridized carbons (Fsp3) is 0.727. The molecule has 0 bridgehead atoms. The SMILES string of the molecule is CCN(CC)C(=O)CNC(C)C(=O)NC(=O)NC. The van der Waals surface area contributed by atoms with Crippen molar-refractivity contribution < 1.29 is 14.4 Å². The van der Waals surface area contributed by atoms with Crippen LogP contribution in [0.4, 0.5) is 4.79 Å². The van der Waals surface area contributed by atoms with Crippen LogP contribution in [-0.2, 0) is 9.59 Å². The van der Waals surface area contributed by atoms with Gasteiger partial charge in [0.15, 0.2) is 0 Å². The zero-order valence-corrected chi connectivity index (χ0v) is 11.4. The van der Waals surface area contributed by atoms with Crippen molar-refractivity contribution in [3.05, 3.63) is 0 Å². The molecule has 4 amide bonds. The van der Waals surface area contributed by atoms with Gasteiger partial charge in [-0.15, -0.1) is 0 Å². The van der Waals surface area contributed by atoms with Crippen molar-refractivity contribution in [3.8, 4) is 0 Å². The number of carbonyl (C=O) groups is 3. The van der Waals surface area contributed by atoms with E-state index >= 15 is 0 Å². The maximum atomic E-state index is 11.7. The molecule has 0 aromatic carbocycles. The first kappa shape index (κ1) is 16.4. The Morgan fingerprint density at radius 3 is 2.17 bits per heavy atom. The minimum absolute atomic E-state index is 0.0698. The molecule has 0 aromatic rings. The highest BCUT2D eigenvalue weighted by Gasteiger charge is 2.17. The molecule has 0 radical (unpaired) electrons. The molecule has 7 heteroatoms. The minimum Gasteiger partial charge on any atom is -0.342 e. The van der Waals surface area contributed by atoms with Gasteiger partial charge in [-0.2, -0.15) is 0 Å². The summed E-state index contributed by atoms with van der Waals surface area (Å²) in [5.41, 5.74) is 0. The number of nitrogens with one attached hydrogen (secondary N) is 3. The van der Waals surface area contributed by atoms with Crippen LogP contribution in [0.5, 0.6) is 0 Å². The van der Waals surface area contributed by atoms with Crippen LogP contribution in [0.2, 0.25) is 0 Å². The van der Waals surface area contributed by atoms with Crippen LogP contribution < -0.4 is 16.0 Å². The molecule has 104 valence electrons. The maximum Gasteiger partial charge on any atom is 0.321 e. The third-order valence-corrected chi connectivity index (χ3v) is 2.53. The molecule has 0 saturated carbocycles. The normalized spacial score (nSPS) is 11.6. The Morgan fingerprint density at radius 1 is 1.17 bits per heavy atom. The van der Waals surface area contributed by atoms with E-state index in [1.807, 2.05) is 13.8 Å². The van der Waals surface area contributed by atoms with Gasteiger partial charge in [0.1, 0.15) is 0 Å². The molecule has 0 fully saturated rings. The number of imide groups is 1. The highest BCUT2D eigenvalue weighted by Crippen LogP contribution is 1.89. The average molecular weight is 258 g/mol. The van der Waals surface area contributed by atoms with E-state index in [2.05, 4.69) is 16.0 Å². The van der Waals surface area contributed by atoms with Crippen LogP contribution in [0.15, 0.2) is 0 Å². The summed E-state index contributed by atoms with van der Waals surface area (Å²) in [7, 11) is 1.42. The highest BCUT2D eigenvalue weighted by molar-refractivity contribution is 5.96. The number of nitrogens with zero attached hydrogens (tertiary/aromatic N) is 1. The first-order chi connectivity index (χ1) is 8.46. The van der Waals surface area contributed by atoms with Crippen molar-refractivity contribution in [2.75, 3.05) is 26.7 Å². The van der Waals surface area contributed by atoms with Crippen molar-refractivity contribution in [2.24, 2.45) is 0 Å². The molecule has 0 aliphatic carbocycles. The van der Waals surface area contributed by atoms with E-state index in [4.69, 9.17) is 0 Å². The lowest BCUT2D eigenvalue weighted by Gasteiger charge is -2.20. The summed E-state index contributed by atoms with van der Waals surface area (Å²) in [6, 6.07) is -1.18. The van der Waals surface area contributed by atoms with Crippen LogP contribution in [0.25, 0.3) is 0 Å². The number of hydrogen-bond donors (Lipinski definition) is 3. The summed E-state index contributed by atoms with van der Waals surface area (Å²) >= 11 is 0. The van der Waals surface area contributed by atoms with Crippen molar-refractivity contribution in [3.63, 3.8) is 0 Å². The van der Waals surface area contributed by atoms with Crippen LogP contribution >= 0.6 is 0 Å². The molecule has 0 rings (SSSR count). The Morgan fingerprint density at radius 2 is 1.72 bits per heavy atom. The first-order valence-electron chi connectivity index (χ1n) is 5.99. The Labute approximate surface area is 107 Å². The first-order valence-corrected chi connectivity index (χ1v) is 5.99. The van der Waals surface area contributed by atoms with E-state index < -0.39 is 18.0 Å². The summed E-state index contributed by atoms with van der Waals surface area (Å²) in [6.07, 6.45) is 0. The predicted molar refractivity (Wildman–Crippen MR) is 68.0 cm³/mol. The zero-order valence-electron chi connectivity index (χ0n) is 11.4. The van der Waals surface area contributed by atoms with E-state index in [0.29, 0.717) is 13.1 Å². The van der Waals surface area contributed by atoms with Crippen molar-refractivity contribution in [1.29, 1.82) is 0 Å². The molecule has 3 N–H and O–H groups in total. The maximum absolute atomic E-state index is 11.7. The standard InChI is InChI=1S/C11H22N4O3/c1-5-15(6-2)9(16)7-13-8(3)10(17)14-11(18)12-4/h8,13H,5-7H2,1-4H3,(H2,12,14,17,18). The molecule has 0 heterocycles. The van der Waals surface area contributed by atoms with E-state index in [0.717, 1.165) is 0 Å². The summed E-state index contributed by atoms with van der Waals surface area (Å²) in [6.45, 7) is 6.72. The van der Waals surface area contributed by atoms with Gasteiger partial charge >= 0.3 is 6.03 Å². The number of carbonyl (C=O) groups excluding carboxylic acids is 3. The molecule has 1 atom stereocenters. The second kappa shape index (κ2) is 8.46. The summed E-state index contributed by atoms with van der Waals surface area (Å²) < 4.78 is 0. The fourth-order valence-corrected chi connectivity index (χ4v) is 1.30. The summed E-state index contributed by atoms with van der Waals surface area (Å²) in [4.78, 5) is 35.7. The monoisotopic (exact) mass is 258 g/mol. The largest absolute Gasteiger partial charge is 0.342 e. The Kier molecular flexibility index (Phi) is 7.69. The van der Waals surface area contributed by atoms with Gasteiger partial charge in [0.25, 0.3) is 0 Å². The van der Waals surface area contributed by atoms with Crippen LogP contribution in [0.3, 0.4) is 0 Å². The molecule has 7 nitrogen and oxygen atoms in total. The fourth-order valence-electron chi connectivity index (χ4n) is 1.30. The molecule has 0 aliphatic heterocycles. The van der Waals surface area contributed by atoms with E-state index in [1.54, 1.807) is 11.8 Å². The summed E-state index contributed by atoms with van der Waals surface area (Å²) in [5.74, 6) is -0.540. The van der Waals surface area contributed by atoms with Crippen molar-refractivity contribution in [2.45, 2.75) is 26.8 Å². The van der Waals surface area contributed by atoms with E-state index in [9.17, 15) is 14.4 Å². The van der Waals surface area contributed by atoms with Gasteiger partial charge in [0.05, 0.1) is 12.6 Å². The molecule has 0 spiro atoms. The van der Waals surface area contributed by atoms with Gasteiger partial charge in [-0.05, 0) is 20.8 Å². The van der Waals surface area contributed by atoms with Gasteiger partial charge < -0.3 is 10.2 Å². The van der Waals surface area contributed by atoms with Crippen molar-refractivity contribution in [1.82, 2.24) is 20.9 Å². The van der Waals surface area contributed by atoms with Gasteiger partial charge in [0.2, 0.25) is 11.8 Å². The molecule has 18 heavy (non-hydrogen) atoms. The molecular weight excluding hydrogens is 236 g/mol. The lowest BCUT2D eigenvalue weighted by Crippen LogP contribution is -2.49. The smallest absolute Gasteiger partial charge is 0.321 e. The van der Waals surface area contributed by atoms with Gasteiger partial charge in [0, 0.05) is 20.1 Å². The number of likely N-dealkylation sites (N-methyl/N-ethyl adjacent to an activating group) is 1. The highest BCUT2D eigenvalue weighted by atomic mass is 16.2.